The lowest BCUT2D eigenvalue weighted by atomic mass is 10.2. The van der Waals surface area contributed by atoms with Gasteiger partial charge in [0.15, 0.2) is 0 Å². The Balaban J connectivity index is 2.30. The summed E-state index contributed by atoms with van der Waals surface area (Å²) in [4.78, 5) is 35.5. The van der Waals surface area contributed by atoms with Crippen LogP contribution in [-0.2, 0) is 9.59 Å². The molecule has 0 fully saturated rings. The Hall–Kier alpha value is -2.09. The summed E-state index contributed by atoms with van der Waals surface area (Å²) in [5.74, 6) is -2.47. The summed E-state index contributed by atoms with van der Waals surface area (Å²) in [5, 5.41) is 20.5. The van der Waals surface area contributed by atoms with Crippen molar-refractivity contribution in [1.82, 2.24) is 4.90 Å². The normalized spacial score (nSPS) is 14.3. The fourth-order valence-electron chi connectivity index (χ4n) is 1.86. The van der Waals surface area contributed by atoms with E-state index in [1.165, 1.54) is 12.1 Å². The van der Waals surface area contributed by atoms with Crippen molar-refractivity contribution < 1.29 is 24.6 Å². The van der Waals surface area contributed by atoms with Gasteiger partial charge in [-0.15, -0.1) is 0 Å². The standard InChI is InChI=1S/C13H10Cl2N2O5/c14-7-4-8(15)9(3-6(7)13(21)22)16-10-5-11(19)17(1-2-18)12(10)20/h3-5,16,18H,1-2H2,(H,21,22). The highest BCUT2D eigenvalue weighted by Gasteiger charge is 2.31. The maximum absolute atomic E-state index is 12.0. The molecule has 0 aliphatic carbocycles. The van der Waals surface area contributed by atoms with Crippen LogP contribution >= 0.6 is 23.2 Å². The summed E-state index contributed by atoms with van der Waals surface area (Å²) < 4.78 is 0. The van der Waals surface area contributed by atoms with Gasteiger partial charge in [0, 0.05) is 6.08 Å². The first-order chi connectivity index (χ1) is 10.3. The molecule has 9 heteroatoms. The minimum absolute atomic E-state index is 0.0484. The molecule has 2 amide bonds. The first-order valence-corrected chi connectivity index (χ1v) is 6.78. The van der Waals surface area contributed by atoms with Crippen LogP contribution in [-0.4, -0.2) is 46.0 Å². The van der Waals surface area contributed by atoms with E-state index < -0.39 is 17.8 Å². The average Bonchev–Trinajstić information content (AvgIpc) is 2.69. The van der Waals surface area contributed by atoms with Gasteiger partial charge in [-0.1, -0.05) is 23.2 Å². The Morgan fingerprint density at radius 3 is 2.50 bits per heavy atom. The van der Waals surface area contributed by atoms with Crippen LogP contribution in [0, 0.1) is 0 Å². The van der Waals surface area contributed by atoms with E-state index in [2.05, 4.69) is 5.32 Å². The van der Waals surface area contributed by atoms with Gasteiger partial charge in [-0.25, -0.2) is 4.79 Å². The van der Waals surface area contributed by atoms with Crippen molar-refractivity contribution in [2.75, 3.05) is 18.5 Å². The second-order valence-corrected chi connectivity index (χ2v) is 5.13. The van der Waals surface area contributed by atoms with Gasteiger partial charge in [-0.05, 0) is 12.1 Å². The number of carboxylic acid groups (broad SMARTS) is 1. The van der Waals surface area contributed by atoms with E-state index in [-0.39, 0.29) is 40.1 Å². The number of rotatable bonds is 5. The molecule has 0 unspecified atom stereocenters. The number of halogens is 2. The van der Waals surface area contributed by atoms with Crippen molar-refractivity contribution in [3.05, 3.63) is 39.5 Å². The van der Waals surface area contributed by atoms with Gasteiger partial charge in [0.05, 0.1) is 34.4 Å². The van der Waals surface area contributed by atoms with E-state index >= 15 is 0 Å². The van der Waals surface area contributed by atoms with E-state index in [9.17, 15) is 14.4 Å². The number of hydrogen-bond donors (Lipinski definition) is 3. The van der Waals surface area contributed by atoms with Crippen LogP contribution < -0.4 is 5.32 Å². The number of aromatic carboxylic acids is 1. The fraction of sp³-hybridized carbons (Fsp3) is 0.154. The molecule has 116 valence electrons. The van der Waals surface area contributed by atoms with Crippen molar-refractivity contribution in [3.63, 3.8) is 0 Å². The maximum atomic E-state index is 12.0. The zero-order valence-corrected chi connectivity index (χ0v) is 12.5. The highest BCUT2D eigenvalue weighted by atomic mass is 35.5. The minimum atomic E-state index is -1.26. The van der Waals surface area contributed by atoms with Gasteiger partial charge in [0.25, 0.3) is 11.8 Å². The van der Waals surface area contributed by atoms with Crippen molar-refractivity contribution >= 4 is 46.7 Å². The third kappa shape index (κ3) is 3.06. The summed E-state index contributed by atoms with van der Waals surface area (Å²) >= 11 is 11.7. The van der Waals surface area contributed by atoms with E-state index in [1.807, 2.05) is 0 Å². The van der Waals surface area contributed by atoms with Crippen molar-refractivity contribution in [2.45, 2.75) is 0 Å². The lowest BCUT2D eigenvalue weighted by molar-refractivity contribution is -0.137. The third-order valence-corrected chi connectivity index (χ3v) is 3.51. The second-order valence-electron chi connectivity index (χ2n) is 4.32. The molecule has 0 spiro atoms. The molecule has 0 radical (unpaired) electrons. The van der Waals surface area contributed by atoms with Crippen LogP contribution in [0.5, 0.6) is 0 Å². The Morgan fingerprint density at radius 2 is 1.91 bits per heavy atom. The minimum Gasteiger partial charge on any atom is -0.478 e. The van der Waals surface area contributed by atoms with Gasteiger partial charge in [-0.2, -0.15) is 0 Å². The van der Waals surface area contributed by atoms with Crippen molar-refractivity contribution in [1.29, 1.82) is 0 Å². The SMILES string of the molecule is O=C(O)c1cc(NC2=CC(=O)N(CCO)C2=O)c(Cl)cc1Cl. The Kier molecular flexibility index (Phi) is 4.70. The van der Waals surface area contributed by atoms with Gasteiger partial charge in [-0.3, -0.25) is 14.5 Å². The molecule has 0 aromatic heterocycles. The van der Waals surface area contributed by atoms with E-state index in [0.717, 1.165) is 11.0 Å². The molecule has 0 bridgehead atoms. The number of anilines is 1. The number of amides is 2. The Labute approximate surface area is 134 Å². The number of benzene rings is 1. The lowest BCUT2D eigenvalue weighted by Crippen LogP contribution is -2.34. The summed E-state index contributed by atoms with van der Waals surface area (Å²) in [5.41, 5.74) is -0.140. The molecule has 7 nitrogen and oxygen atoms in total. The number of aliphatic hydroxyl groups excluding tert-OH is 1. The van der Waals surface area contributed by atoms with Gasteiger partial charge >= 0.3 is 5.97 Å². The molecule has 0 atom stereocenters. The van der Waals surface area contributed by atoms with Crippen molar-refractivity contribution in [2.24, 2.45) is 0 Å². The molecule has 1 aliphatic rings. The number of carbonyl (C=O) groups excluding carboxylic acids is 2. The predicted octanol–water partition coefficient (Wildman–Crippen LogP) is 1.35. The lowest BCUT2D eigenvalue weighted by Gasteiger charge is -2.14. The molecule has 1 heterocycles. The number of carbonyl (C=O) groups is 3. The number of imide groups is 1. The first kappa shape index (κ1) is 16.3. The first-order valence-electron chi connectivity index (χ1n) is 6.03. The molecule has 0 saturated carbocycles. The second kappa shape index (κ2) is 6.35. The molecule has 1 aromatic carbocycles. The molecular weight excluding hydrogens is 335 g/mol. The quantitative estimate of drug-likeness (QED) is 0.696. The van der Waals surface area contributed by atoms with Crippen LogP contribution in [0.25, 0.3) is 0 Å². The topological polar surface area (TPSA) is 107 Å². The largest absolute Gasteiger partial charge is 0.478 e. The van der Waals surface area contributed by atoms with Gasteiger partial charge < -0.3 is 15.5 Å². The molecule has 2 rings (SSSR count). The Morgan fingerprint density at radius 1 is 1.23 bits per heavy atom. The smallest absolute Gasteiger partial charge is 0.337 e. The summed E-state index contributed by atoms with van der Waals surface area (Å²) in [6, 6.07) is 2.39. The average molecular weight is 345 g/mol. The molecule has 22 heavy (non-hydrogen) atoms. The molecule has 1 aromatic rings. The Bertz CT molecular complexity index is 702. The number of nitrogens with one attached hydrogen (secondary N) is 1. The van der Waals surface area contributed by atoms with Gasteiger partial charge in [0.2, 0.25) is 0 Å². The maximum Gasteiger partial charge on any atom is 0.337 e. The molecular formula is C13H10Cl2N2O5. The van der Waals surface area contributed by atoms with Crippen LogP contribution in [0.2, 0.25) is 10.0 Å². The fourth-order valence-corrected chi connectivity index (χ4v) is 2.37. The van der Waals surface area contributed by atoms with E-state index in [1.54, 1.807) is 0 Å². The van der Waals surface area contributed by atoms with Crippen LogP contribution in [0.3, 0.4) is 0 Å². The number of β-amino-alcohol motifs (C(OH)–C–C–N with tert-alkyl or cyclic N) is 1. The molecule has 1 aliphatic heterocycles. The highest BCUT2D eigenvalue weighted by molar-refractivity contribution is 6.38. The van der Waals surface area contributed by atoms with E-state index in [4.69, 9.17) is 33.4 Å². The molecule has 3 N–H and O–H groups in total. The summed E-state index contributed by atoms with van der Waals surface area (Å²) in [6.45, 7) is -0.489. The number of hydrogen-bond acceptors (Lipinski definition) is 5. The monoisotopic (exact) mass is 344 g/mol. The van der Waals surface area contributed by atoms with Crippen LogP contribution in [0.4, 0.5) is 5.69 Å². The summed E-state index contributed by atoms with van der Waals surface area (Å²) in [7, 11) is 0. The molecule has 0 saturated heterocycles. The zero-order valence-electron chi connectivity index (χ0n) is 11.0. The number of aliphatic hydroxyl groups is 1. The third-order valence-electron chi connectivity index (χ3n) is 2.89. The highest BCUT2D eigenvalue weighted by Crippen LogP contribution is 2.31. The van der Waals surface area contributed by atoms with Crippen molar-refractivity contribution in [3.8, 4) is 0 Å². The number of carboxylic acids is 1. The van der Waals surface area contributed by atoms with Gasteiger partial charge in [0.1, 0.15) is 5.70 Å². The van der Waals surface area contributed by atoms with Crippen LogP contribution in [0.1, 0.15) is 10.4 Å². The van der Waals surface area contributed by atoms with E-state index in [0.29, 0.717) is 0 Å². The summed E-state index contributed by atoms with van der Waals surface area (Å²) in [6.07, 6.45) is 1.05. The zero-order chi connectivity index (χ0) is 16.4. The predicted molar refractivity (Wildman–Crippen MR) is 78.9 cm³/mol. The van der Waals surface area contributed by atoms with Crippen LogP contribution in [0.15, 0.2) is 23.9 Å². The number of nitrogens with zero attached hydrogens (tertiary/aromatic N) is 1.